The summed E-state index contributed by atoms with van der Waals surface area (Å²) in [6.45, 7) is 4.51. The fraction of sp³-hybridized carbons (Fsp3) is 0.500. The van der Waals surface area contributed by atoms with Gasteiger partial charge in [0.2, 0.25) is 5.91 Å². The van der Waals surface area contributed by atoms with Crippen molar-refractivity contribution >= 4 is 17.3 Å². The number of amides is 1. The minimum Gasteiger partial charge on any atom is -0.494 e. The Morgan fingerprint density at radius 2 is 1.84 bits per heavy atom. The molecule has 2 N–H and O–H groups in total. The fourth-order valence-corrected chi connectivity index (χ4v) is 3.58. The van der Waals surface area contributed by atoms with Gasteiger partial charge in [-0.05, 0) is 55.7 Å². The van der Waals surface area contributed by atoms with E-state index in [4.69, 9.17) is 14.2 Å². The Labute approximate surface area is 191 Å². The highest BCUT2D eigenvalue weighted by Crippen LogP contribution is 2.20. The zero-order chi connectivity index (χ0) is 22.4. The molecule has 1 aliphatic heterocycles. The molecule has 0 spiro atoms. The first kappa shape index (κ1) is 23.9. The minimum atomic E-state index is -0.111. The van der Waals surface area contributed by atoms with Crippen LogP contribution in [0.1, 0.15) is 51.9 Å². The maximum absolute atomic E-state index is 12.3. The Hall–Kier alpha value is -2.73. The van der Waals surface area contributed by atoms with E-state index < -0.39 is 0 Å². The van der Waals surface area contributed by atoms with Crippen molar-refractivity contribution in [2.75, 3.05) is 37.0 Å². The van der Waals surface area contributed by atoms with E-state index in [2.05, 4.69) is 17.6 Å². The van der Waals surface area contributed by atoms with Crippen LogP contribution >= 0.6 is 0 Å². The topological polar surface area (TPSA) is 68.8 Å². The minimum absolute atomic E-state index is 0.111. The molecule has 0 saturated carbocycles. The SMILES string of the molecule is CCCCCCCOc1cccc(NCC(=O)Nc2ccc(OCC3CCCO3)cc2)c1. The van der Waals surface area contributed by atoms with Gasteiger partial charge < -0.3 is 24.8 Å². The second-order valence-corrected chi connectivity index (χ2v) is 8.16. The molecule has 1 amide bonds. The number of rotatable bonds is 14. The van der Waals surface area contributed by atoms with E-state index in [0.29, 0.717) is 6.61 Å². The first-order valence-electron chi connectivity index (χ1n) is 11.8. The number of benzene rings is 2. The summed E-state index contributed by atoms with van der Waals surface area (Å²) in [5.74, 6) is 1.49. The predicted molar refractivity (Wildman–Crippen MR) is 129 cm³/mol. The van der Waals surface area contributed by atoms with Crippen molar-refractivity contribution in [2.45, 2.75) is 58.0 Å². The Kier molecular flexibility index (Phi) is 10.2. The number of anilines is 2. The van der Waals surface area contributed by atoms with E-state index in [0.717, 1.165) is 55.4 Å². The lowest BCUT2D eigenvalue weighted by atomic mass is 10.2. The van der Waals surface area contributed by atoms with Gasteiger partial charge in [-0.1, -0.05) is 38.7 Å². The third kappa shape index (κ3) is 8.79. The van der Waals surface area contributed by atoms with Crippen molar-refractivity contribution in [3.8, 4) is 11.5 Å². The van der Waals surface area contributed by atoms with Crippen molar-refractivity contribution in [2.24, 2.45) is 0 Å². The van der Waals surface area contributed by atoms with E-state index in [-0.39, 0.29) is 18.6 Å². The number of hydrogen-bond donors (Lipinski definition) is 2. The molecule has 1 heterocycles. The normalized spacial score (nSPS) is 15.3. The highest BCUT2D eigenvalue weighted by molar-refractivity contribution is 5.93. The molecule has 1 unspecified atom stereocenters. The fourth-order valence-electron chi connectivity index (χ4n) is 3.58. The van der Waals surface area contributed by atoms with Gasteiger partial charge >= 0.3 is 0 Å². The van der Waals surface area contributed by atoms with Crippen molar-refractivity contribution in [1.82, 2.24) is 0 Å². The van der Waals surface area contributed by atoms with Gasteiger partial charge in [0.15, 0.2) is 0 Å². The average molecular weight is 441 g/mol. The van der Waals surface area contributed by atoms with Crippen LogP contribution in [0.3, 0.4) is 0 Å². The molecule has 0 bridgehead atoms. The Balaban J connectivity index is 1.35. The van der Waals surface area contributed by atoms with Gasteiger partial charge in [-0.15, -0.1) is 0 Å². The van der Waals surface area contributed by atoms with Crippen molar-refractivity contribution < 1.29 is 19.0 Å². The van der Waals surface area contributed by atoms with Crippen LogP contribution in [-0.2, 0) is 9.53 Å². The summed E-state index contributed by atoms with van der Waals surface area (Å²) in [5, 5.41) is 6.05. The lowest BCUT2D eigenvalue weighted by Gasteiger charge is -2.12. The lowest BCUT2D eigenvalue weighted by Crippen LogP contribution is -2.21. The second kappa shape index (κ2) is 13.6. The Bertz CT molecular complexity index is 804. The molecule has 1 fully saturated rings. The van der Waals surface area contributed by atoms with Crippen molar-refractivity contribution in [3.63, 3.8) is 0 Å². The maximum atomic E-state index is 12.3. The van der Waals surface area contributed by atoms with E-state index >= 15 is 0 Å². The van der Waals surface area contributed by atoms with Gasteiger partial charge in [0, 0.05) is 24.0 Å². The van der Waals surface area contributed by atoms with E-state index in [9.17, 15) is 4.79 Å². The number of unbranched alkanes of at least 4 members (excludes halogenated alkanes) is 4. The molecule has 6 heteroatoms. The zero-order valence-electron chi connectivity index (χ0n) is 19.1. The van der Waals surface area contributed by atoms with Crippen LogP contribution < -0.4 is 20.1 Å². The average Bonchev–Trinajstić information content (AvgIpc) is 3.34. The molecule has 2 aromatic carbocycles. The summed E-state index contributed by atoms with van der Waals surface area (Å²) in [6, 6.07) is 15.2. The van der Waals surface area contributed by atoms with Gasteiger partial charge in [-0.25, -0.2) is 0 Å². The van der Waals surface area contributed by atoms with Crippen LogP contribution in [0.4, 0.5) is 11.4 Å². The standard InChI is InChI=1S/C26H36N2O4/c1-2-3-4-5-6-16-30-24-10-7-9-22(18-24)27-19-26(29)28-21-12-14-23(15-13-21)32-20-25-11-8-17-31-25/h7,9-10,12-15,18,25,27H,2-6,8,11,16-17,19-20H2,1H3,(H,28,29). The summed E-state index contributed by atoms with van der Waals surface area (Å²) >= 11 is 0. The molecule has 0 radical (unpaired) electrons. The third-order valence-corrected chi connectivity index (χ3v) is 5.40. The largest absolute Gasteiger partial charge is 0.494 e. The highest BCUT2D eigenvalue weighted by Gasteiger charge is 2.15. The number of hydrogen-bond acceptors (Lipinski definition) is 5. The van der Waals surface area contributed by atoms with Crippen LogP contribution in [0.15, 0.2) is 48.5 Å². The van der Waals surface area contributed by atoms with Gasteiger partial charge in [-0.3, -0.25) is 4.79 Å². The summed E-state index contributed by atoms with van der Waals surface area (Å²) in [6.07, 6.45) is 8.41. The molecule has 2 aromatic rings. The summed E-state index contributed by atoms with van der Waals surface area (Å²) < 4.78 is 17.2. The smallest absolute Gasteiger partial charge is 0.243 e. The lowest BCUT2D eigenvalue weighted by molar-refractivity contribution is -0.114. The molecule has 3 rings (SSSR count). The molecule has 1 saturated heterocycles. The van der Waals surface area contributed by atoms with Crippen molar-refractivity contribution in [1.29, 1.82) is 0 Å². The number of ether oxygens (including phenoxy) is 3. The van der Waals surface area contributed by atoms with Crippen LogP contribution in [0, 0.1) is 0 Å². The molecular weight excluding hydrogens is 404 g/mol. The molecule has 1 aliphatic rings. The molecule has 0 aromatic heterocycles. The van der Waals surface area contributed by atoms with E-state index in [1.54, 1.807) is 0 Å². The number of carbonyl (C=O) groups excluding carboxylic acids is 1. The third-order valence-electron chi connectivity index (χ3n) is 5.40. The second-order valence-electron chi connectivity index (χ2n) is 8.16. The van der Waals surface area contributed by atoms with Gasteiger partial charge in [-0.2, -0.15) is 0 Å². The van der Waals surface area contributed by atoms with Gasteiger partial charge in [0.05, 0.1) is 19.3 Å². The number of nitrogens with one attached hydrogen (secondary N) is 2. The highest BCUT2D eigenvalue weighted by atomic mass is 16.5. The Morgan fingerprint density at radius 1 is 1.00 bits per heavy atom. The molecule has 174 valence electrons. The van der Waals surface area contributed by atoms with Gasteiger partial charge in [0.1, 0.15) is 18.1 Å². The Morgan fingerprint density at radius 3 is 2.62 bits per heavy atom. The van der Waals surface area contributed by atoms with Crippen LogP contribution in [0.25, 0.3) is 0 Å². The molecule has 1 atom stereocenters. The monoisotopic (exact) mass is 440 g/mol. The van der Waals surface area contributed by atoms with Crippen molar-refractivity contribution in [3.05, 3.63) is 48.5 Å². The first-order chi connectivity index (χ1) is 15.7. The molecule has 32 heavy (non-hydrogen) atoms. The quantitative estimate of drug-likeness (QED) is 0.372. The molecule has 0 aliphatic carbocycles. The van der Waals surface area contributed by atoms with E-state index in [1.165, 1.54) is 25.7 Å². The predicted octanol–water partition coefficient (Wildman–Crippen LogP) is 5.64. The summed E-state index contributed by atoms with van der Waals surface area (Å²) in [5.41, 5.74) is 1.60. The van der Waals surface area contributed by atoms with Crippen LogP contribution in [-0.4, -0.2) is 38.4 Å². The maximum Gasteiger partial charge on any atom is 0.243 e. The molecular formula is C26H36N2O4. The molecule has 6 nitrogen and oxygen atoms in total. The van der Waals surface area contributed by atoms with Gasteiger partial charge in [0.25, 0.3) is 0 Å². The van der Waals surface area contributed by atoms with Crippen LogP contribution in [0.2, 0.25) is 0 Å². The zero-order valence-corrected chi connectivity index (χ0v) is 19.1. The first-order valence-corrected chi connectivity index (χ1v) is 11.8. The van der Waals surface area contributed by atoms with Crippen LogP contribution in [0.5, 0.6) is 11.5 Å². The summed E-state index contributed by atoms with van der Waals surface area (Å²) in [4.78, 5) is 12.3. The summed E-state index contributed by atoms with van der Waals surface area (Å²) in [7, 11) is 0. The number of carbonyl (C=O) groups is 1. The van der Waals surface area contributed by atoms with E-state index in [1.807, 2.05) is 48.5 Å².